The summed E-state index contributed by atoms with van der Waals surface area (Å²) in [6.07, 6.45) is 2.07. The molecular weight excluding hydrogens is 421 g/mol. The Balaban J connectivity index is 1.36. The number of nitrogens with zero attached hydrogens (tertiary/aromatic N) is 3. The summed E-state index contributed by atoms with van der Waals surface area (Å²) in [7, 11) is 0. The second kappa shape index (κ2) is 8.97. The maximum atomic E-state index is 14.0. The lowest BCUT2D eigenvalue weighted by Gasteiger charge is -2.37. The smallest absolute Gasteiger partial charge is 0.257 e. The first-order valence-corrected chi connectivity index (χ1v) is 11.7. The minimum atomic E-state index is -0.467. The van der Waals surface area contributed by atoms with Gasteiger partial charge in [0.1, 0.15) is 5.82 Å². The summed E-state index contributed by atoms with van der Waals surface area (Å²) in [5, 5.41) is 6.34. The number of ether oxygens (including phenoxy) is 2. The normalized spacial score (nSPS) is 22.7. The summed E-state index contributed by atoms with van der Waals surface area (Å²) in [5.74, 6) is -0.850. The molecule has 2 aromatic carbocycles. The minimum absolute atomic E-state index is 0.0757. The molecule has 2 fully saturated rings. The van der Waals surface area contributed by atoms with Gasteiger partial charge in [-0.3, -0.25) is 9.69 Å². The molecule has 0 aliphatic carbocycles. The molecule has 174 valence electrons. The van der Waals surface area contributed by atoms with Crippen molar-refractivity contribution in [1.29, 1.82) is 0 Å². The molecule has 3 heterocycles. The van der Waals surface area contributed by atoms with Gasteiger partial charge in [0.25, 0.3) is 5.91 Å². The van der Waals surface area contributed by atoms with Gasteiger partial charge in [-0.15, -0.1) is 0 Å². The van der Waals surface area contributed by atoms with Crippen molar-refractivity contribution in [2.75, 3.05) is 32.8 Å². The van der Waals surface area contributed by atoms with Crippen LogP contribution >= 0.6 is 0 Å². The Morgan fingerprint density at radius 1 is 1.12 bits per heavy atom. The van der Waals surface area contributed by atoms with E-state index in [4.69, 9.17) is 14.6 Å². The van der Waals surface area contributed by atoms with Crippen LogP contribution in [0.15, 0.2) is 47.6 Å². The van der Waals surface area contributed by atoms with Crippen molar-refractivity contribution in [3.05, 3.63) is 70.5 Å². The maximum absolute atomic E-state index is 14.0. The van der Waals surface area contributed by atoms with Gasteiger partial charge < -0.3 is 9.47 Å². The van der Waals surface area contributed by atoms with E-state index < -0.39 is 5.79 Å². The number of benzene rings is 2. The molecule has 5 rings (SSSR count). The third-order valence-corrected chi connectivity index (χ3v) is 6.88. The number of amides is 1. The van der Waals surface area contributed by atoms with Crippen LogP contribution in [0.3, 0.4) is 0 Å². The van der Waals surface area contributed by atoms with Gasteiger partial charge in [0.15, 0.2) is 5.79 Å². The van der Waals surface area contributed by atoms with Crippen molar-refractivity contribution in [1.82, 2.24) is 9.91 Å². The predicted octanol–water partition coefficient (Wildman–Crippen LogP) is 3.96. The number of halogens is 1. The number of aryl methyl sites for hydroxylation is 2. The van der Waals surface area contributed by atoms with E-state index in [1.807, 2.05) is 6.07 Å². The second-order valence-electron chi connectivity index (χ2n) is 9.26. The van der Waals surface area contributed by atoms with E-state index >= 15 is 0 Å². The molecule has 1 unspecified atom stereocenters. The van der Waals surface area contributed by atoms with Crippen LogP contribution in [0.1, 0.15) is 47.6 Å². The molecule has 6 nitrogen and oxygen atoms in total. The van der Waals surface area contributed by atoms with E-state index in [0.29, 0.717) is 19.6 Å². The lowest BCUT2D eigenvalue weighted by atomic mass is 9.95. The first-order chi connectivity index (χ1) is 15.9. The fourth-order valence-corrected chi connectivity index (χ4v) is 5.12. The number of hydrazone groups is 1. The van der Waals surface area contributed by atoms with Crippen molar-refractivity contribution in [2.45, 2.75) is 44.9 Å². The Kier molecular flexibility index (Phi) is 6.03. The van der Waals surface area contributed by atoms with Gasteiger partial charge >= 0.3 is 0 Å². The number of hydrogen-bond donors (Lipinski definition) is 0. The van der Waals surface area contributed by atoms with Gasteiger partial charge in [0, 0.05) is 37.9 Å². The summed E-state index contributed by atoms with van der Waals surface area (Å²) in [4.78, 5) is 15.6. The average Bonchev–Trinajstić information content (AvgIpc) is 3.43. The minimum Gasteiger partial charge on any atom is -0.347 e. The van der Waals surface area contributed by atoms with E-state index in [2.05, 4.69) is 36.9 Å². The molecule has 0 bridgehead atoms. The van der Waals surface area contributed by atoms with E-state index in [-0.39, 0.29) is 24.3 Å². The zero-order valence-electron chi connectivity index (χ0n) is 19.2. The molecule has 0 N–H and O–H groups in total. The molecule has 1 spiro atoms. The Morgan fingerprint density at radius 2 is 1.88 bits per heavy atom. The molecule has 0 radical (unpaired) electrons. The molecule has 33 heavy (non-hydrogen) atoms. The first-order valence-electron chi connectivity index (χ1n) is 11.7. The van der Waals surface area contributed by atoms with Crippen LogP contribution in [0, 0.1) is 19.7 Å². The summed E-state index contributed by atoms with van der Waals surface area (Å²) < 4.78 is 25.6. The van der Waals surface area contributed by atoms with Gasteiger partial charge in [0.05, 0.1) is 31.5 Å². The number of carbonyl (C=O) groups is 1. The SMILES string of the molecule is Cc1ccc(C2=NN(C(=O)CN3CCC4(CC3)OCCO4)C(c3cccc(F)c3)C2)c(C)c1. The van der Waals surface area contributed by atoms with Crippen molar-refractivity contribution in [3.63, 3.8) is 0 Å². The van der Waals surface area contributed by atoms with Gasteiger partial charge in [0.2, 0.25) is 0 Å². The van der Waals surface area contributed by atoms with Crippen LogP contribution < -0.4 is 0 Å². The highest BCUT2D eigenvalue weighted by molar-refractivity contribution is 6.04. The van der Waals surface area contributed by atoms with Crippen molar-refractivity contribution in [3.8, 4) is 0 Å². The average molecular weight is 452 g/mol. The molecule has 3 aliphatic rings. The van der Waals surface area contributed by atoms with Crippen molar-refractivity contribution < 1.29 is 18.7 Å². The van der Waals surface area contributed by atoms with Gasteiger partial charge in [-0.05, 0) is 37.1 Å². The quantitative estimate of drug-likeness (QED) is 0.706. The zero-order valence-corrected chi connectivity index (χ0v) is 19.2. The molecule has 0 saturated carbocycles. The number of hydrogen-bond acceptors (Lipinski definition) is 5. The van der Waals surface area contributed by atoms with E-state index in [1.165, 1.54) is 17.7 Å². The molecular formula is C26H30FN3O3. The van der Waals surface area contributed by atoms with E-state index in [1.54, 1.807) is 11.1 Å². The van der Waals surface area contributed by atoms with Crippen LogP contribution in [0.4, 0.5) is 4.39 Å². The maximum Gasteiger partial charge on any atom is 0.257 e. The largest absolute Gasteiger partial charge is 0.347 e. The molecule has 7 heteroatoms. The topological polar surface area (TPSA) is 54.4 Å². The number of piperidine rings is 1. The molecule has 2 aromatic rings. The Hall–Kier alpha value is -2.61. The molecule has 2 saturated heterocycles. The third kappa shape index (κ3) is 4.58. The fourth-order valence-electron chi connectivity index (χ4n) is 5.12. The first kappa shape index (κ1) is 22.2. The van der Waals surface area contributed by atoms with Crippen LogP contribution in [-0.4, -0.2) is 60.2 Å². The van der Waals surface area contributed by atoms with E-state index in [0.717, 1.165) is 48.3 Å². The summed E-state index contributed by atoms with van der Waals surface area (Å²) in [5.41, 5.74) is 4.96. The van der Waals surface area contributed by atoms with Crippen LogP contribution in [0.25, 0.3) is 0 Å². The van der Waals surface area contributed by atoms with Gasteiger partial charge in [-0.2, -0.15) is 5.10 Å². The lowest BCUT2D eigenvalue weighted by Crippen LogP contribution is -2.48. The highest BCUT2D eigenvalue weighted by Gasteiger charge is 2.41. The zero-order chi connectivity index (χ0) is 23.0. The second-order valence-corrected chi connectivity index (χ2v) is 9.26. The summed E-state index contributed by atoms with van der Waals surface area (Å²) >= 11 is 0. The molecule has 0 aromatic heterocycles. The number of carbonyl (C=O) groups excluding carboxylic acids is 1. The third-order valence-electron chi connectivity index (χ3n) is 6.88. The standard InChI is InChI=1S/C26H30FN3O3/c1-18-6-7-22(19(2)14-18)23-16-24(20-4-3-5-21(27)15-20)30(28-23)25(31)17-29-10-8-26(9-11-29)32-12-13-33-26/h3-7,14-15,24H,8-13,16-17H2,1-2H3. The summed E-state index contributed by atoms with van der Waals surface area (Å²) in [6, 6.07) is 12.4. The fraction of sp³-hybridized carbons (Fsp3) is 0.462. The van der Waals surface area contributed by atoms with Gasteiger partial charge in [-0.1, -0.05) is 35.9 Å². The molecule has 1 atom stereocenters. The Bertz CT molecular complexity index is 1070. The van der Waals surface area contributed by atoms with Gasteiger partial charge in [-0.25, -0.2) is 9.40 Å². The van der Waals surface area contributed by atoms with Crippen molar-refractivity contribution in [2.24, 2.45) is 5.10 Å². The number of likely N-dealkylation sites (tertiary alicyclic amines) is 1. The summed E-state index contributed by atoms with van der Waals surface area (Å²) in [6.45, 7) is 7.13. The Labute approximate surface area is 194 Å². The molecule has 3 aliphatic heterocycles. The predicted molar refractivity (Wildman–Crippen MR) is 123 cm³/mol. The van der Waals surface area contributed by atoms with E-state index in [9.17, 15) is 9.18 Å². The number of rotatable bonds is 4. The molecule has 1 amide bonds. The van der Waals surface area contributed by atoms with Crippen LogP contribution in [0.2, 0.25) is 0 Å². The van der Waals surface area contributed by atoms with Crippen molar-refractivity contribution >= 4 is 11.6 Å². The lowest BCUT2D eigenvalue weighted by molar-refractivity contribution is -0.186. The Morgan fingerprint density at radius 3 is 2.58 bits per heavy atom. The monoisotopic (exact) mass is 451 g/mol. The van der Waals surface area contributed by atoms with Crippen LogP contribution in [-0.2, 0) is 14.3 Å². The van der Waals surface area contributed by atoms with Crippen LogP contribution in [0.5, 0.6) is 0 Å². The highest BCUT2D eigenvalue weighted by atomic mass is 19.1. The highest BCUT2D eigenvalue weighted by Crippen LogP contribution is 2.35.